The van der Waals surface area contributed by atoms with Crippen molar-refractivity contribution in [3.63, 3.8) is 0 Å². The number of hydrogen-bond acceptors (Lipinski definition) is 4. The Balaban J connectivity index is 2.16. The van der Waals surface area contributed by atoms with Crippen molar-refractivity contribution in [3.05, 3.63) is 11.2 Å². The third kappa shape index (κ3) is 2.50. The summed E-state index contributed by atoms with van der Waals surface area (Å²) < 4.78 is 0. The Morgan fingerprint density at radius 1 is 1.60 bits per heavy atom. The molecule has 1 N–H and O–H groups in total. The molecule has 1 aliphatic rings. The molecule has 1 aromatic rings. The Hall–Kier alpha value is -1.03. The number of anilines is 2. The summed E-state index contributed by atoms with van der Waals surface area (Å²) in [5, 5.41) is 3.52. The predicted molar refractivity (Wildman–Crippen MR) is 62.6 cm³/mol. The third-order valence-corrected chi connectivity index (χ3v) is 2.81. The summed E-state index contributed by atoms with van der Waals surface area (Å²) in [5.41, 5.74) is 0. The zero-order valence-electron chi connectivity index (χ0n) is 9.00. The number of rotatable bonds is 4. The van der Waals surface area contributed by atoms with Crippen LogP contribution in [-0.4, -0.2) is 30.6 Å². The standard InChI is InChI=1S/C10H15ClN4/c1-12-10-13-5-8(11)9(14-10)15(2)6-7-3-4-7/h5,7H,3-4,6H2,1-2H3,(H,12,13,14). The molecule has 15 heavy (non-hydrogen) atoms. The maximum atomic E-state index is 6.06. The van der Waals surface area contributed by atoms with E-state index in [2.05, 4.69) is 20.2 Å². The Bertz CT molecular complexity index is 351. The number of hydrogen-bond donors (Lipinski definition) is 1. The Morgan fingerprint density at radius 3 is 2.93 bits per heavy atom. The fourth-order valence-corrected chi connectivity index (χ4v) is 1.76. The second-order valence-corrected chi connectivity index (χ2v) is 4.35. The van der Waals surface area contributed by atoms with E-state index in [-0.39, 0.29) is 0 Å². The Kier molecular flexibility index (Phi) is 2.95. The summed E-state index contributed by atoms with van der Waals surface area (Å²) in [4.78, 5) is 10.5. The molecular weight excluding hydrogens is 212 g/mol. The second-order valence-electron chi connectivity index (χ2n) is 3.94. The fraction of sp³-hybridized carbons (Fsp3) is 0.600. The first kappa shape index (κ1) is 10.5. The minimum absolute atomic E-state index is 0.608. The molecule has 0 spiro atoms. The van der Waals surface area contributed by atoms with E-state index in [1.54, 1.807) is 13.2 Å². The number of nitrogens with zero attached hydrogens (tertiary/aromatic N) is 3. The first-order chi connectivity index (χ1) is 7.20. The minimum Gasteiger partial charge on any atom is -0.358 e. The zero-order chi connectivity index (χ0) is 10.8. The van der Waals surface area contributed by atoms with Crippen molar-refractivity contribution in [2.45, 2.75) is 12.8 Å². The van der Waals surface area contributed by atoms with Crippen LogP contribution in [0.15, 0.2) is 6.20 Å². The highest BCUT2D eigenvalue weighted by Gasteiger charge is 2.24. The molecule has 1 heterocycles. The summed E-state index contributed by atoms with van der Waals surface area (Å²) in [5.74, 6) is 2.24. The van der Waals surface area contributed by atoms with Gasteiger partial charge in [0.05, 0.1) is 6.20 Å². The van der Waals surface area contributed by atoms with E-state index in [1.807, 2.05) is 7.05 Å². The molecule has 1 aliphatic carbocycles. The summed E-state index contributed by atoms with van der Waals surface area (Å²) in [6, 6.07) is 0. The quantitative estimate of drug-likeness (QED) is 0.853. The average molecular weight is 227 g/mol. The molecule has 0 amide bonds. The van der Waals surface area contributed by atoms with Gasteiger partial charge in [0, 0.05) is 20.6 Å². The van der Waals surface area contributed by atoms with Crippen molar-refractivity contribution in [2.75, 3.05) is 30.9 Å². The van der Waals surface area contributed by atoms with E-state index in [1.165, 1.54) is 12.8 Å². The third-order valence-electron chi connectivity index (χ3n) is 2.54. The van der Waals surface area contributed by atoms with Gasteiger partial charge in [0.15, 0.2) is 5.82 Å². The zero-order valence-corrected chi connectivity index (χ0v) is 9.75. The highest BCUT2D eigenvalue weighted by Crippen LogP contribution is 2.32. The molecule has 0 saturated heterocycles. The van der Waals surface area contributed by atoms with Crippen molar-refractivity contribution in [1.29, 1.82) is 0 Å². The van der Waals surface area contributed by atoms with Crippen LogP contribution in [0.25, 0.3) is 0 Å². The lowest BCUT2D eigenvalue weighted by molar-refractivity contribution is 0.776. The van der Waals surface area contributed by atoms with Gasteiger partial charge in [-0.1, -0.05) is 11.6 Å². The molecule has 0 aromatic carbocycles. The lowest BCUT2D eigenvalue weighted by atomic mass is 10.4. The molecular formula is C10H15ClN4. The topological polar surface area (TPSA) is 41.1 Å². The maximum absolute atomic E-state index is 6.06. The van der Waals surface area contributed by atoms with Gasteiger partial charge in [-0.15, -0.1) is 0 Å². The van der Waals surface area contributed by atoms with E-state index in [0.29, 0.717) is 11.0 Å². The molecule has 1 aromatic heterocycles. The minimum atomic E-state index is 0.608. The first-order valence-electron chi connectivity index (χ1n) is 5.12. The monoisotopic (exact) mass is 226 g/mol. The molecule has 2 rings (SSSR count). The number of aromatic nitrogens is 2. The second kappa shape index (κ2) is 4.23. The lowest BCUT2D eigenvalue weighted by Crippen LogP contribution is -2.22. The molecule has 5 heteroatoms. The summed E-state index contributed by atoms with van der Waals surface area (Å²) in [6.45, 7) is 1.03. The van der Waals surface area contributed by atoms with Crippen molar-refractivity contribution in [1.82, 2.24) is 9.97 Å². The van der Waals surface area contributed by atoms with Gasteiger partial charge in [0.25, 0.3) is 0 Å². The molecule has 4 nitrogen and oxygen atoms in total. The predicted octanol–water partition coefficient (Wildman–Crippen LogP) is 2.02. The van der Waals surface area contributed by atoms with Crippen LogP contribution in [0.2, 0.25) is 5.02 Å². The van der Waals surface area contributed by atoms with E-state index in [0.717, 1.165) is 18.3 Å². The number of halogens is 1. The lowest BCUT2D eigenvalue weighted by Gasteiger charge is -2.19. The van der Waals surface area contributed by atoms with Crippen LogP contribution < -0.4 is 10.2 Å². The molecule has 0 atom stereocenters. The van der Waals surface area contributed by atoms with Gasteiger partial charge in [-0.05, 0) is 18.8 Å². The van der Waals surface area contributed by atoms with Gasteiger partial charge in [0.1, 0.15) is 5.02 Å². The summed E-state index contributed by atoms with van der Waals surface area (Å²) >= 11 is 6.06. The van der Waals surface area contributed by atoms with Gasteiger partial charge >= 0.3 is 0 Å². The average Bonchev–Trinajstić information content (AvgIpc) is 3.02. The summed E-state index contributed by atoms with van der Waals surface area (Å²) in [7, 11) is 3.82. The summed E-state index contributed by atoms with van der Waals surface area (Å²) in [6.07, 6.45) is 4.29. The fourth-order valence-electron chi connectivity index (χ4n) is 1.52. The molecule has 0 radical (unpaired) electrons. The van der Waals surface area contributed by atoms with Gasteiger partial charge < -0.3 is 10.2 Å². The van der Waals surface area contributed by atoms with Crippen LogP contribution in [0.4, 0.5) is 11.8 Å². The van der Waals surface area contributed by atoms with E-state index in [4.69, 9.17) is 11.6 Å². The first-order valence-corrected chi connectivity index (χ1v) is 5.50. The van der Waals surface area contributed by atoms with Crippen LogP contribution in [-0.2, 0) is 0 Å². The van der Waals surface area contributed by atoms with Crippen LogP contribution >= 0.6 is 11.6 Å². The highest BCUT2D eigenvalue weighted by atomic mass is 35.5. The van der Waals surface area contributed by atoms with E-state index < -0.39 is 0 Å². The van der Waals surface area contributed by atoms with Gasteiger partial charge in [-0.3, -0.25) is 0 Å². The number of nitrogens with one attached hydrogen (secondary N) is 1. The van der Waals surface area contributed by atoms with Crippen LogP contribution in [0.5, 0.6) is 0 Å². The maximum Gasteiger partial charge on any atom is 0.224 e. The van der Waals surface area contributed by atoms with Crippen LogP contribution in [0.3, 0.4) is 0 Å². The molecule has 0 unspecified atom stereocenters. The van der Waals surface area contributed by atoms with Gasteiger partial charge in [-0.25, -0.2) is 4.98 Å². The van der Waals surface area contributed by atoms with Gasteiger partial charge in [-0.2, -0.15) is 4.98 Å². The van der Waals surface area contributed by atoms with Crippen molar-refractivity contribution in [3.8, 4) is 0 Å². The van der Waals surface area contributed by atoms with E-state index >= 15 is 0 Å². The van der Waals surface area contributed by atoms with Crippen LogP contribution in [0.1, 0.15) is 12.8 Å². The van der Waals surface area contributed by atoms with Crippen molar-refractivity contribution >= 4 is 23.4 Å². The van der Waals surface area contributed by atoms with Crippen LogP contribution in [0, 0.1) is 5.92 Å². The molecule has 0 bridgehead atoms. The SMILES string of the molecule is CNc1ncc(Cl)c(N(C)CC2CC2)n1. The normalized spacial score (nSPS) is 15.1. The van der Waals surface area contributed by atoms with Crippen molar-refractivity contribution in [2.24, 2.45) is 5.92 Å². The van der Waals surface area contributed by atoms with Gasteiger partial charge in [0.2, 0.25) is 5.95 Å². The smallest absolute Gasteiger partial charge is 0.224 e. The highest BCUT2D eigenvalue weighted by molar-refractivity contribution is 6.32. The molecule has 0 aliphatic heterocycles. The molecule has 1 fully saturated rings. The molecule has 1 saturated carbocycles. The van der Waals surface area contributed by atoms with E-state index in [9.17, 15) is 0 Å². The Labute approximate surface area is 94.7 Å². The largest absolute Gasteiger partial charge is 0.358 e. The Morgan fingerprint density at radius 2 is 2.33 bits per heavy atom. The van der Waals surface area contributed by atoms with Crippen molar-refractivity contribution < 1.29 is 0 Å². The molecule has 82 valence electrons.